The summed E-state index contributed by atoms with van der Waals surface area (Å²) in [5, 5.41) is 15.4. The van der Waals surface area contributed by atoms with Crippen LogP contribution < -0.4 is 10.6 Å². The summed E-state index contributed by atoms with van der Waals surface area (Å²) in [5.74, 6) is 0.804. The van der Waals surface area contributed by atoms with Gasteiger partial charge < -0.3 is 10.6 Å². The van der Waals surface area contributed by atoms with E-state index in [0.29, 0.717) is 12.1 Å². The highest BCUT2D eigenvalue weighted by Gasteiger charge is 1.98. The van der Waals surface area contributed by atoms with Gasteiger partial charge in [0.25, 0.3) is 0 Å². The largest absolute Gasteiger partial charge is 0.356 e. The quantitative estimate of drug-likeness (QED) is 0.342. The van der Waals surface area contributed by atoms with Gasteiger partial charge in [0.1, 0.15) is 0 Å². The Bertz CT molecular complexity index is 451. The van der Waals surface area contributed by atoms with Gasteiger partial charge in [0.2, 0.25) is 0 Å². The molecule has 0 heterocycles. The Morgan fingerprint density at radius 2 is 2.10 bits per heavy atom. The fourth-order valence-electron chi connectivity index (χ4n) is 1.74. The van der Waals surface area contributed by atoms with E-state index in [1.54, 1.807) is 13.1 Å². The van der Waals surface area contributed by atoms with Gasteiger partial charge in [0.05, 0.1) is 11.6 Å². The van der Waals surface area contributed by atoms with Gasteiger partial charge in [-0.3, -0.25) is 4.99 Å². The van der Waals surface area contributed by atoms with E-state index in [2.05, 4.69) is 28.6 Å². The number of benzene rings is 1. The van der Waals surface area contributed by atoms with Gasteiger partial charge in [-0.05, 0) is 24.1 Å². The first-order chi connectivity index (χ1) is 9.30. The van der Waals surface area contributed by atoms with Crippen molar-refractivity contribution in [3.8, 4) is 6.07 Å². The summed E-state index contributed by atoms with van der Waals surface area (Å²) in [6, 6.07) is 9.73. The average molecular weight is 386 g/mol. The molecule has 0 spiro atoms. The van der Waals surface area contributed by atoms with Crippen molar-refractivity contribution in [1.82, 2.24) is 10.6 Å². The van der Waals surface area contributed by atoms with Crippen molar-refractivity contribution in [3.63, 3.8) is 0 Å². The molecular weight excluding hydrogens is 363 g/mol. The van der Waals surface area contributed by atoms with Crippen LogP contribution in [0.3, 0.4) is 0 Å². The zero-order valence-electron chi connectivity index (χ0n) is 12.1. The first-order valence-corrected chi connectivity index (χ1v) is 6.73. The zero-order valence-corrected chi connectivity index (χ0v) is 14.5. The van der Waals surface area contributed by atoms with Crippen molar-refractivity contribution in [3.05, 3.63) is 35.4 Å². The lowest BCUT2D eigenvalue weighted by Gasteiger charge is -2.11. The number of nitrogens with one attached hydrogen (secondary N) is 2. The maximum absolute atomic E-state index is 8.85. The van der Waals surface area contributed by atoms with Crippen LogP contribution in [0.15, 0.2) is 29.3 Å². The van der Waals surface area contributed by atoms with E-state index < -0.39 is 0 Å². The molecule has 1 aromatic carbocycles. The minimum Gasteiger partial charge on any atom is -0.356 e. The summed E-state index contributed by atoms with van der Waals surface area (Å²) in [6.07, 6.45) is 3.60. The van der Waals surface area contributed by atoms with Gasteiger partial charge in [0, 0.05) is 20.1 Å². The standard InChI is InChI=1S/C15H22N4.HI/c1-3-4-5-9-18-15(17-2)19-12-14-8-6-7-13(10-14)11-16;/h6-8,10H,3-5,9,12H2,1-2H3,(H2,17,18,19);1H. The van der Waals surface area contributed by atoms with E-state index in [9.17, 15) is 0 Å². The molecular formula is C15H23IN4. The van der Waals surface area contributed by atoms with Gasteiger partial charge in [-0.2, -0.15) is 5.26 Å². The molecule has 1 aromatic rings. The van der Waals surface area contributed by atoms with Gasteiger partial charge >= 0.3 is 0 Å². The Balaban J connectivity index is 0.00000361. The second-order valence-electron chi connectivity index (χ2n) is 4.37. The molecule has 1 rings (SSSR count). The Kier molecular flexibility index (Phi) is 10.8. The number of guanidine groups is 1. The molecule has 0 aliphatic carbocycles. The molecule has 0 radical (unpaired) electrons. The number of unbranched alkanes of at least 4 members (excludes halogenated alkanes) is 2. The number of halogens is 1. The van der Waals surface area contributed by atoms with Crippen LogP contribution in [0, 0.1) is 11.3 Å². The first-order valence-electron chi connectivity index (χ1n) is 6.73. The lowest BCUT2D eigenvalue weighted by Crippen LogP contribution is -2.37. The molecule has 110 valence electrons. The third-order valence-electron chi connectivity index (χ3n) is 2.81. The molecule has 0 saturated carbocycles. The molecule has 0 fully saturated rings. The average Bonchev–Trinajstić information content (AvgIpc) is 2.47. The molecule has 4 nitrogen and oxygen atoms in total. The second kappa shape index (κ2) is 11.5. The van der Waals surface area contributed by atoms with Gasteiger partial charge in [0.15, 0.2) is 5.96 Å². The van der Waals surface area contributed by atoms with E-state index in [1.165, 1.54) is 12.8 Å². The van der Waals surface area contributed by atoms with Crippen LogP contribution in [0.5, 0.6) is 0 Å². The van der Waals surface area contributed by atoms with Crippen LogP contribution in [0.2, 0.25) is 0 Å². The normalized spacial score (nSPS) is 10.3. The molecule has 0 amide bonds. The predicted octanol–water partition coefficient (Wildman–Crippen LogP) is 3.03. The van der Waals surface area contributed by atoms with Crippen LogP contribution in [0.4, 0.5) is 0 Å². The van der Waals surface area contributed by atoms with Crippen molar-refractivity contribution >= 4 is 29.9 Å². The van der Waals surface area contributed by atoms with Crippen LogP contribution in [0.25, 0.3) is 0 Å². The minimum atomic E-state index is 0. The Labute approximate surface area is 138 Å². The monoisotopic (exact) mass is 386 g/mol. The molecule has 20 heavy (non-hydrogen) atoms. The highest BCUT2D eigenvalue weighted by molar-refractivity contribution is 14.0. The molecule has 0 saturated heterocycles. The lowest BCUT2D eigenvalue weighted by molar-refractivity contribution is 0.683. The van der Waals surface area contributed by atoms with E-state index in [-0.39, 0.29) is 24.0 Å². The molecule has 0 atom stereocenters. The molecule has 0 unspecified atom stereocenters. The van der Waals surface area contributed by atoms with Crippen molar-refractivity contribution in [2.45, 2.75) is 32.7 Å². The van der Waals surface area contributed by atoms with E-state index >= 15 is 0 Å². The fraction of sp³-hybridized carbons (Fsp3) is 0.467. The second-order valence-corrected chi connectivity index (χ2v) is 4.37. The van der Waals surface area contributed by atoms with Crippen molar-refractivity contribution in [1.29, 1.82) is 5.26 Å². The Morgan fingerprint density at radius 3 is 2.75 bits per heavy atom. The van der Waals surface area contributed by atoms with Crippen LogP contribution in [-0.4, -0.2) is 19.6 Å². The summed E-state index contributed by atoms with van der Waals surface area (Å²) in [5.41, 5.74) is 1.76. The minimum absolute atomic E-state index is 0. The molecule has 0 aromatic heterocycles. The molecule has 5 heteroatoms. The summed E-state index contributed by atoms with van der Waals surface area (Å²) in [6.45, 7) is 3.80. The number of hydrogen-bond acceptors (Lipinski definition) is 2. The van der Waals surface area contributed by atoms with E-state index in [0.717, 1.165) is 24.5 Å². The summed E-state index contributed by atoms with van der Waals surface area (Å²) in [4.78, 5) is 4.17. The van der Waals surface area contributed by atoms with Gasteiger partial charge in [-0.25, -0.2) is 0 Å². The summed E-state index contributed by atoms with van der Waals surface area (Å²) >= 11 is 0. The molecule has 0 bridgehead atoms. The Hall–Kier alpha value is -1.29. The van der Waals surface area contributed by atoms with Crippen molar-refractivity contribution < 1.29 is 0 Å². The molecule has 2 N–H and O–H groups in total. The SMILES string of the molecule is CCCCCNC(=NC)NCc1cccc(C#N)c1.I. The van der Waals surface area contributed by atoms with Crippen LogP contribution in [0.1, 0.15) is 37.3 Å². The third-order valence-corrected chi connectivity index (χ3v) is 2.81. The lowest BCUT2D eigenvalue weighted by atomic mass is 10.1. The number of nitriles is 1. The highest BCUT2D eigenvalue weighted by atomic mass is 127. The van der Waals surface area contributed by atoms with Gasteiger partial charge in [-0.1, -0.05) is 31.9 Å². The molecule has 0 aliphatic heterocycles. The topological polar surface area (TPSA) is 60.2 Å². The predicted molar refractivity (Wildman–Crippen MR) is 94.3 cm³/mol. The third kappa shape index (κ3) is 7.34. The van der Waals surface area contributed by atoms with Crippen LogP contribution in [-0.2, 0) is 6.54 Å². The zero-order chi connectivity index (χ0) is 13.9. The van der Waals surface area contributed by atoms with E-state index in [4.69, 9.17) is 5.26 Å². The summed E-state index contributed by atoms with van der Waals surface area (Å²) < 4.78 is 0. The van der Waals surface area contributed by atoms with Crippen molar-refractivity contribution in [2.24, 2.45) is 4.99 Å². The fourth-order valence-corrected chi connectivity index (χ4v) is 1.74. The van der Waals surface area contributed by atoms with Gasteiger partial charge in [-0.15, -0.1) is 24.0 Å². The maximum atomic E-state index is 8.85. The first kappa shape index (κ1) is 18.7. The number of rotatable bonds is 6. The molecule has 0 aliphatic rings. The smallest absolute Gasteiger partial charge is 0.191 e. The van der Waals surface area contributed by atoms with Crippen molar-refractivity contribution in [2.75, 3.05) is 13.6 Å². The summed E-state index contributed by atoms with van der Waals surface area (Å²) in [7, 11) is 1.76. The highest BCUT2D eigenvalue weighted by Crippen LogP contribution is 2.03. The van der Waals surface area contributed by atoms with Crippen LogP contribution >= 0.6 is 24.0 Å². The number of hydrogen-bond donors (Lipinski definition) is 2. The number of aliphatic imine (C=N–C) groups is 1. The van der Waals surface area contributed by atoms with E-state index in [1.807, 2.05) is 18.2 Å². The Morgan fingerprint density at radius 1 is 1.30 bits per heavy atom. The number of nitrogens with zero attached hydrogens (tertiary/aromatic N) is 2. The maximum Gasteiger partial charge on any atom is 0.191 e.